The molecule has 4 nitrogen and oxygen atoms in total. The van der Waals surface area contributed by atoms with E-state index in [1.54, 1.807) is 0 Å². The Balaban J connectivity index is 1.43. The van der Waals surface area contributed by atoms with Gasteiger partial charge in [-0.25, -0.2) is 0 Å². The van der Waals surface area contributed by atoms with E-state index >= 15 is 0 Å². The number of carbonyl (C=O) groups is 1. The number of benzene rings is 2. The first kappa shape index (κ1) is 20.1. The average molecular weight is 392 g/mol. The van der Waals surface area contributed by atoms with Gasteiger partial charge in [-0.05, 0) is 42.7 Å². The van der Waals surface area contributed by atoms with Crippen molar-refractivity contribution in [2.24, 2.45) is 5.73 Å². The Kier molecular flexibility index (Phi) is 6.31. The lowest BCUT2D eigenvalue weighted by Gasteiger charge is -2.47. The molecule has 0 spiro atoms. The lowest BCUT2D eigenvalue weighted by Crippen LogP contribution is -2.62. The number of carbonyl (C=O) groups excluding carboxylic acids is 1. The van der Waals surface area contributed by atoms with Gasteiger partial charge in [-0.15, -0.1) is 0 Å². The Labute approximate surface area is 174 Å². The van der Waals surface area contributed by atoms with Crippen molar-refractivity contribution in [2.75, 3.05) is 13.1 Å². The van der Waals surface area contributed by atoms with Crippen LogP contribution >= 0.6 is 0 Å². The van der Waals surface area contributed by atoms with Crippen LogP contribution in [0.2, 0.25) is 0 Å². The van der Waals surface area contributed by atoms with Crippen LogP contribution in [0.5, 0.6) is 0 Å². The Morgan fingerprint density at radius 1 is 0.966 bits per heavy atom. The van der Waals surface area contributed by atoms with Crippen molar-refractivity contribution in [1.82, 2.24) is 10.2 Å². The number of likely N-dealkylation sites (tertiary alicyclic amines) is 1. The lowest BCUT2D eigenvalue weighted by molar-refractivity contribution is -0.127. The zero-order valence-electron chi connectivity index (χ0n) is 17.2. The molecule has 0 radical (unpaired) electrons. The second-order valence-corrected chi connectivity index (χ2v) is 8.69. The maximum absolute atomic E-state index is 12.4. The van der Waals surface area contributed by atoms with Crippen molar-refractivity contribution in [3.8, 4) is 0 Å². The fourth-order valence-electron chi connectivity index (χ4n) is 5.25. The summed E-state index contributed by atoms with van der Waals surface area (Å²) in [5, 5.41) is 3.52. The van der Waals surface area contributed by atoms with E-state index in [0.29, 0.717) is 18.5 Å². The molecule has 1 saturated carbocycles. The molecular formula is C25H33N3O. The first-order valence-electron chi connectivity index (χ1n) is 11.1. The molecule has 2 fully saturated rings. The molecule has 1 heterocycles. The molecule has 1 aliphatic carbocycles. The van der Waals surface area contributed by atoms with E-state index in [2.05, 4.69) is 52.7 Å². The summed E-state index contributed by atoms with van der Waals surface area (Å²) in [6.45, 7) is 2.54. The second kappa shape index (κ2) is 9.10. The highest BCUT2D eigenvalue weighted by molar-refractivity contribution is 5.84. The zero-order valence-corrected chi connectivity index (χ0v) is 17.2. The number of primary amides is 1. The van der Waals surface area contributed by atoms with Crippen LogP contribution in [0.15, 0.2) is 60.7 Å². The van der Waals surface area contributed by atoms with Gasteiger partial charge in [-0.2, -0.15) is 0 Å². The van der Waals surface area contributed by atoms with Crippen molar-refractivity contribution >= 4 is 5.91 Å². The standard InChI is InChI=1S/C25H33N3O/c26-24(29)25(27-19-20-9-3-1-4-10-20)15-17-28(18-16-25)23-14-8-7-13-22(23)21-11-5-2-6-12-21/h1-6,9-12,22-23,27H,7-8,13-19H2,(H2,26,29)/t22-,23-/m0/s1. The van der Waals surface area contributed by atoms with Gasteiger partial charge in [-0.3, -0.25) is 15.0 Å². The third kappa shape index (κ3) is 4.54. The average Bonchev–Trinajstić information content (AvgIpc) is 2.79. The molecule has 2 aliphatic rings. The molecule has 4 heteroatoms. The predicted octanol–water partition coefficient (Wildman–Crippen LogP) is 3.82. The lowest BCUT2D eigenvalue weighted by atomic mass is 9.77. The number of amides is 1. The van der Waals surface area contributed by atoms with E-state index in [9.17, 15) is 4.79 Å². The van der Waals surface area contributed by atoms with Gasteiger partial charge in [0.05, 0.1) is 0 Å². The summed E-state index contributed by atoms with van der Waals surface area (Å²) < 4.78 is 0. The number of hydrogen-bond acceptors (Lipinski definition) is 3. The molecule has 2 aromatic carbocycles. The first-order valence-corrected chi connectivity index (χ1v) is 11.1. The molecule has 4 rings (SSSR count). The van der Waals surface area contributed by atoms with Crippen LogP contribution in [0.3, 0.4) is 0 Å². The highest BCUT2D eigenvalue weighted by Crippen LogP contribution is 2.38. The molecule has 3 N–H and O–H groups in total. The van der Waals surface area contributed by atoms with Gasteiger partial charge in [0.2, 0.25) is 5.91 Å². The van der Waals surface area contributed by atoms with Crippen molar-refractivity contribution in [3.63, 3.8) is 0 Å². The molecule has 2 aromatic rings. The molecule has 2 atom stereocenters. The number of nitrogens with two attached hydrogens (primary N) is 1. The largest absolute Gasteiger partial charge is 0.368 e. The molecule has 154 valence electrons. The van der Waals surface area contributed by atoms with Crippen LogP contribution in [0.4, 0.5) is 0 Å². The Morgan fingerprint density at radius 3 is 2.24 bits per heavy atom. The number of piperidine rings is 1. The third-order valence-electron chi connectivity index (χ3n) is 7.02. The third-order valence-corrected chi connectivity index (χ3v) is 7.02. The topological polar surface area (TPSA) is 58.4 Å². The second-order valence-electron chi connectivity index (χ2n) is 8.69. The summed E-state index contributed by atoms with van der Waals surface area (Å²) in [5.74, 6) is 0.389. The Hall–Kier alpha value is -2.17. The van der Waals surface area contributed by atoms with Gasteiger partial charge in [0.1, 0.15) is 5.54 Å². The smallest absolute Gasteiger partial charge is 0.237 e. The molecule has 0 unspecified atom stereocenters. The minimum atomic E-state index is -0.594. The monoisotopic (exact) mass is 391 g/mol. The fraction of sp³-hybridized carbons (Fsp3) is 0.480. The number of hydrogen-bond donors (Lipinski definition) is 2. The van der Waals surface area contributed by atoms with Crippen LogP contribution in [-0.2, 0) is 11.3 Å². The van der Waals surface area contributed by atoms with Crippen molar-refractivity contribution in [3.05, 3.63) is 71.8 Å². The van der Waals surface area contributed by atoms with Crippen molar-refractivity contribution in [2.45, 2.75) is 62.6 Å². The van der Waals surface area contributed by atoms with Gasteiger partial charge >= 0.3 is 0 Å². The van der Waals surface area contributed by atoms with E-state index in [1.165, 1.54) is 36.8 Å². The molecule has 29 heavy (non-hydrogen) atoms. The molecule has 0 bridgehead atoms. The number of nitrogens with one attached hydrogen (secondary N) is 1. The van der Waals surface area contributed by atoms with Crippen LogP contribution < -0.4 is 11.1 Å². The minimum Gasteiger partial charge on any atom is -0.368 e. The summed E-state index contributed by atoms with van der Waals surface area (Å²) >= 11 is 0. The van der Waals surface area contributed by atoms with E-state index in [0.717, 1.165) is 25.9 Å². The molecular weight excluding hydrogens is 358 g/mol. The van der Waals surface area contributed by atoms with Gasteiger partial charge < -0.3 is 5.73 Å². The zero-order chi connectivity index (χ0) is 20.1. The van der Waals surface area contributed by atoms with Crippen LogP contribution in [0, 0.1) is 0 Å². The quantitative estimate of drug-likeness (QED) is 0.787. The summed E-state index contributed by atoms with van der Waals surface area (Å²) in [6.07, 6.45) is 6.70. The SMILES string of the molecule is NC(=O)C1(NCc2ccccc2)CCN([C@H]2CCCC[C@H]2c2ccccc2)CC1. The molecule has 1 aliphatic heterocycles. The number of rotatable bonds is 6. The van der Waals surface area contributed by atoms with E-state index in [-0.39, 0.29) is 5.91 Å². The van der Waals surface area contributed by atoms with Crippen molar-refractivity contribution < 1.29 is 4.79 Å². The van der Waals surface area contributed by atoms with E-state index in [1.807, 2.05) is 18.2 Å². The summed E-state index contributed by atoms with van der Waals surface area (Å²) in [7, 11) is 0. The Bertz CT molecular complexity index is 784. The van der Waals surface area contributed by atoms with Crippen molar-refractivity contribution in [1.29, 1.82) is 0 Å². The molecule has 1 amide bonds. The fourth-order valence-corrected chi connectivity index (χ4v) is 5.25. The van der Waals surface area contributed by atoms with Gasteiger partial charge in [0.15, 0.2) is 0 Å². The Morgan fingerprint density at radius 2 is 1.59 bits per heavy atom. The summed E-state index contributed by atoms with van der Waals surface area (Å²) in [5.41, 5.74) is 7.95. The van der Waals surface area contributed by atoms with Crippen LogP contribution in [-0.4, -0.2) is 35.5 Å². The van der Waals surface area contributed by atoms with Gasteiger partial charge in [0, 0.05) is 25.7 Å². The summed E-state index contributed by atoms with van der Waals surface area (Å²) in [6, 6.07) is 21.8. The van der Waals surface area contributed by atoms with Gasteiger partial charge in [-0.1, -0.05) is 73.5 Å². The minimum absolute atomic E-state index is 0.212. The highest BCUT2D eigenvalue weighted by Gasteiger charge is 2.42. The normalized spacial score (nSPS) is 24.8. The van der Waals surface area contributed by atoms with Gasteiger partial charge in [0.25, 0.3) is 0 Å². The van der Waals surface area contributed by atoms with E-state index < -0.39 is 5.54 Å². The maximum atomic E-state index is 12.4. The molecule has 1 saturated heterocycles. The predicted molar refractivity (Wildman–Crippen MR) is 117 cm³/mol. The van der Waals surface area contributed by atoms with Crippen LogP contribution in [0.1, 0.15) is 55.6 Å². The van der Waals surface area contributed by atoms with Crippen LogP contribution in [0.25, 0.3) is 0 Å². The van der Waals surface area contributed by atoms with E-state index in [4.69, 9.17) is 5.73 Å². The highest BCUT2D eigenvalue weighted by atomic mass is 16.1. The molecule has 0 aromatic heterocycles. The maximum Gasteiger partial charge on any atom is 0.237 e. The number of nitrogens with zero attached hydrogens (tertiary/aromatic N) is 1. The first-order chi connectivity index (χ1) is 14.2. The summed E-state index contributed by atoms with van der Waals surface area (Å²) in [4.78, 5) is 15.0.